The van der Waals surface area contributed by atoms with Crippen molar-refractivity contribution in [1.82, 2.24) is 9.97 Å². The van der Waals surface area contributed by atoms with Crippen molar-refractivity contribution in [2.75, 3.05) is 0 Å². The zero-order chi connectivity index (χ0) is 14.8. The van der Waals surface area contributed by atoms with Gasteiger partial charge in [0.25, 0.3) is 0 Å². The first-order chi connectivity index (χ1) is 10.1. The third kappa shape index (κ3) is 2.53. The van der Waals surface area contributed by atoms with Gasteiger partial charge in [-0.1, -0.05) is 30.3 Å². The monoisotopic (exact) mass is 280 g/mol. The summed E-state index contributed by atoms with van der Waals surface area (Å²) < 4.78 is 5.73. The molecule has 0 aliphatic carbocycles. The fraction of sp³-hybridized carbons (Fsp3) is 0.0625. The molecule has 21 heavy (non-hydrogen) atoms. The van der Waals surface area contributed by atoms with E-state index in [0.717, 1.165) is 16.5 Å². The van der Waals surface area contributed by atoms with Gasteiger partial charge < -0.3 is 9.84 Å². The Bertz CT molecular complexity index is 831. The third-order valence-corrected chi connectivity index (χ3v) is 3.10. The molecule has 0 atom stereocenters. The number of carboxylic acid groups (broad SMARTS) is 1. The van der Waals surface area contributed by atoms with Crippen LogP contribution in [0, 0.1) is 6.92 Å². The van der Waals surface area contributed by atoms with Crippen molar-refractivity contribution in [2.45, 2.75) is 6.92 Å². The maximum atomic E-state index is 11.4. The van der Waals surface area contributed by atoms with Gasteiger partial charge in [-0.05, 0) is 18.4 Å². The Hall–Kier alpha value is -2.95. The fourth-order valence-corrected chi connectivity index (χ4v) is 2.11. The Labute approximate surface area is 120 Å². The van der Waals surface area contributed by atoms with E-state index in [-0.39, 0.29) is 5.56 Å². The van der Waals surface area contributed by atoms with Crippen LogP contribution in [-0.2, 0) is 0 Å². The van der Waals surface area contributed by atoms with E-state index in [4.69, 9.17) is 4.74 Å². The molecule has 0 fully saturated rings. The van der Waals surface area contributed by atoms with Gasteiger partial charge in [0, 0.05) is 17.1 Å². The molecule has 1 aromatic heterocycles. The molecular weight excluding hydrogens is 268 g/mol. The van der Waals surface area contributed by atoms with Crippen molar-refractivity contribution in [3.8, 4) is 11.6 Å². The van der Waals surface area contributed by atoms with Crippen LogP contribution in [0.15, 0.2) is 48.8 Å². The maximum Gasteiger partial charge on any atom is 0.339 e. The molecule has 3 rings (SSSR count). The number of carboxylic acids is 1. The van der Waals surface area contributed by atoms with Gasteiger partial charge in [0.15, 0.2) is 5.75 Å². The smallest absolute Gasteiger partial charge is 0.339 e. The SMILES string of the molecule is Cc1cc(Oc2c(C(=O)O)ccc3ccccc23)ncn1. The van der Waals surface area contributed by atoms with Gasteiger partial charge in [-0.2, -0.15) is 0 Å². The predicted octanol–water partition coefficient (Wildman–Crippen LogP) is 3.43. The quantitative estimate of drug-likeness (QED) is 0.795. The molecule has 5 nitrogen and oxygen atoms in total. The van der Waals surface area contributed by atoms with Crippen molar-refractivity contribution in [3.63, 3.8) is 0 Å². The largest absolute Gasteiger partial charge is 0.478 e. The van der Waals surface area contributed by atoms with Crippen molar-refractivity contribution in [3.05, 3.63) is 60.0 Å². The van der Waals surface area contributed by atoms with Crippen molar-refractivity contribution in [2.24, 2.45) is 0 Å². The highest BCUT2D eigenvalue weighted by molar-refractivity contribution is 6.00. The van der Waals surface area contributed by atoms with E-state index in [2.05, 4.69) is 9.97 Å². The highest BCUT2D eigenvalue weighted by Crippen LogP contribution is 2.33. The Kier molecular flexibility index (Phi) is 3.23. The Balaban J connectivity index is 2.18. The fourth-order valence-electron chi connectivity index (χ4n) is 2.11. The van der Waals surface area contributed by atoms with Crippen LogP contribution in [0.5, 0.6) is 11.6 Å². The van der Waals surface area contributed by atoms with Gasteiger partial charge in [-0.25, -0.2) is 14.8 Å². The number of hydrogen-bond acceptors (Lipinski definition) is 4. The van der Waals surface area contributed by atoms with Crippen molar-refractivity contribution >= 4 is 16.7 Å². The van der Waals surface area contributed by atoms with Crippen LogP contribution >= 0.6 is 0 Å². The number of fused-ring (bicyclic) bond motifs is 1. The zero-order valence-electron chi connectivity index (χ0n) is 11.3. The third-order valence-electron chi connectivity index (χ3n) is 3.10. The summed E-state index contributed by atoms with van der Waals surface area (Å²) in [6, 6.07) is 12.4. The average molecular weight is 280 g/mol. The molecule has 0 unspecified atom stereocenters. The highest BCUT2D eigenvalue weighted by atomic mass is 16.5. The van der Waals surface area contributed by atoms with E-state index in [1.807, 2.05) is 31.2 Å². The van der Waals surface area contributed by atoms with E-state index in [0.29, 0.717) is 11.6 Å². The summed E-state index contributed by atoms with van der Waals surface area (Å²) in [4.78, 5) is 19.4. The first kappa shape index (κ1) is 13.1. The lowest BCUT2D eigenvalue weighted by molar-refractivity contribution is 0.0694. The molecule has 0 aliphatic heterocycles. The minimum Gasteiger partial charge on any atom is -0.478 e. The number of carbonyl (C=O) groups is 1. The molecule has 5 heteroatoms. The van der Waals surface area contributed by atoms with Crippen LogP contribution in [0.1, 0.15) is 16.1 Å². The van der Waals surface area contributed by atoms with Gasteiger partial charge in [0.1, 0.15) is 11.9 Å². The highest BCUT2D eigenvalue weighted by Gasteiger charge is 2.16. The van der Waals surface area contributed by atoms with E-state index in [9.17, 15) is 9.90 Å². The molecule has 0 saturated heterocycles. The van der Waals surface area contributed by atoms with Gasteiger partial charge >= 0.3 is 5.97 Å². The van der Waals surface area contributed by atoms with Crippen molar-refractivity contribution < 1.29 is 14.6 Å². The molecule has 0 amide bonds. The molecule has 0 aliphatic rings. The number of aryl methyl sites for hydroxylation is 1. The number of ether oxygens (including phenoxy) is 1. The number of aromatic carboxylic acids is 1. The summed E-state index contributed by atoms with van der Waals surface area (Å²) >= 11 is 0. The number of aromatic nitrogens is 2. The minimum absolute atomic E-state index is 0.102. The molecule has 1 N–H and O–H groups in total. The summed E-state index contributed by atoms with van der Waals surface area (Å²) in [7, 11) is 0. The van der Waals surface area contributed by atoms with Crippen LogP contribution in [0.3, 0.4) is 0 Å². The maximum absolute atomic E-state index is 11.4. The first-order valence-electron chi connectivity index (χ1n) is 6.36. The number of rotatable bonds is 3. The summed E-state index contributed by atoms with van der Waals surface area (Å²) in [5.41, 5.74) is 0.849. The van der Waals surface area contributed by atoms with Crippen LogP contribution in [-0.4, -0.2) is 21.0 Å². The lowest BCUT2D eigenvalue weighted by atomic mass is 10.1. The second-order valence-electron chi connectivity index (χ2n) is 4.57. The topological polar surface area (TPSA) is 72.3 Å². The zero-order valence-corrected chi connectivity index (χ0v) is 11.3. The Morgan fingerprint density at radius 2 is 1.95 bits per heavy atom. The van der Waals surface area contributed by atoms with Crippen molar-refractivity contribution in [1.29, 1.82) is 0 Å². The Morgan fingerprint density at radius 3 is 2.71 bits per heavy atom. The molecule has 3 aromatic rings. The van der Waals surface area contributed by atoms with Crippen LogP contribution < -0.4 is 4.74 Å². The van der Waals surface area contributed by atoms with E-state index in [1.165, 1.54) is 12.4 Å². The van der Waals surface area contributed by atoms with Crippen LogP contribution in [0.4, 0.5) is 0 Å². The van der Waals surface area contributed by atoms with Gasteiger partial charge in [0.05, 0.1) is 0 Å². The summed E-state index contributed by atoms with van der Waals surface area (Å²) in [6.07, 6.45) is 1.39. The Morgan fingerprint density at radius 1 is 1.14 bits per heavy atom. The van der Waals surface area contributed by atoms with E-state index < -0.39 is 5.97 Å². The molecule has 0 saturated carbocycles. The molecule has 104 valence electrons. The standard InChI is InChI=1S/C16H12N2O3/c1-10-8-14(18-9-17-10)21-15-12-5-3-2-4-11(12)6-7-13(15)16(19)20/h2-9H,1H3,(H,19,20). The molecule has 0 radical (unpaired) electrons. The molecule has 0 bridgehead atoms. The summed E-state index contributed by atoms with van der Waals surface area (Å²) in [5, 5.41) is 11.0. The van der Waals surface area contributed by atoms with Gasteiger partial charge in [-0.3, -0.25) is 0 Å². The van der Waals surface area contributed by atoms with E-state index >= 15 is 0 Å². The lowest BCUT2D eigenvalue weighted by Gasteiger charge is -2.11. The number of hydrogen-bond donors (Lipinski definition) is 1. The average Bonchev–Trinajstić information content (AvgIpc) is 2.47. The molecule has 2 aromatic carbocycles. The molecular formula is C16H12N2O3. The van der Waals surface area contributed by atoms with Gasteiger partial charge in [0.2, 0.25) is 5.88 Å². The number of benzene rings is 2. The van der Waals surface area contributed by atoms with Gasteiger partial charge in [-0.15, -0.1) is 0 Å². The summed E-state index contributed by atoms with van der Waals surface area (Å²) in [5.74, 6) is -0.429. The molecule has 0 spiro atoms. The predicted molar refractivity (Wildman–Crippen MR) is 77.8 cm³/mol. The number of nitrogens with zero attached hydrogens (tertiary/aromatic N) is 2. The van der Waals surface area contributed by atoms with Crippen LogP contribution in [0.25, 0.3) is 10.8 Å². The van der Waals surface area contributed by atoms with E-state index in [1.54, 1.807) is 12.1 Å². The molecule has 1 heterocycles. The normalized spacial score (nSPS) is 10.5. The summed E-state index contributed by atoms with van der Waals surface area (Å²) in [6.45, 7) is 1.82. The second-order valence-corrected chi connectivity index (χ2v) is 4.57. The lowest BCUT2D eigenvalue weighted by Crippen LogP contribution is -2.01. The minimum atomic E-state index is -1.04. The second kappa shape index (κ2) is 5.20. The van der Waals surface area contributed by atoms with Crippen LogP contribution in [0.2, 0.25) is 0 Å². The first-order valence-corrected chi connectivity index (χ1v) is 6.36.